The van der Waals surface area contributed by atoms with E-state index < -0.39 is 0 Å². The van der Waals surface area contributed by atoms with Crippen molar-refractivity contribution in [1.29, 1.82) is 0 Å². The van der Waals surface area contributed by atoms with Crippen LogP contribution >= 0.6 is 24.8 Å². The first-order chi connectivity index (χ1) is 10.3. The molecule has 0 aromatic carbocycles. The Morgan fingerprint density at radius 1 is 1.17 bits per heavy atom. The van der Waals surface area contributed by atoms with Crippen molar-refractivity contribution in [2.24, 2.45) is 5.92 Å². The number of nitrogens with zero attached hydrogens (tertiary/aromatic N) is 2. The zero-order valence-electron chi connectivity index (χ0n) is 12.9. The zero-order chi connectivity index (χ0) is 14.7. The van der Waals surface area contributed by atoms with E-state index >= 15 is 0 Å². The van der Waals surface area contributed by atoms with Gasteiger partial charge in [0.25, 0.3) is 0 Å². The number of pyridine rings is 2. The van der Waals surface area contributed by atoms with Gasteiger partial charge in [0.1, 0.15) is 5.52 Å². The Morgan fingerprint density at radius 3 is 2.61 bits per heavy atom. The molecule has 1 saturated carbocycles. The van der Waals surface area contributed by atoms with Crippen LogP contribution in [-0.2, 0) is 4.79 Å². The fraction of sp³-hybridized carbons (Fsp3) is 0.438. The first kappa shape index (κ1) is 19.5. The molecule has 2 heterocycles. The fourth-order valence-electron chi connectivity index (χ4n) is 2.82. The maximum absolute atomic E-state index is 12.4. The molecule has 2 aromatic rings. The van der Waals surface area contributed by atoms with Crippen molar-refractivity contribution in [3.8, 4) is 5.88 Å². The summed E-state index contributed by atoms with van der Waals surface area (Å²) in [6, 6.07) is 5.40. The van der Waals surface area contributed by atoms with Gasteiger partial charge in [-0.1, -0.05) is 19.3 Å². The Kier molecular flexibility index (Phi) is 7.52. The van der Waals surface area contributed by atoms with E-state index in [9.17, 15) is 4.79 Å². The standard InChI is InChI=1S/C16H19N3O2.2ClH/c1-21-14-8-7-12-15(19-14)13(9-10-17-12)18-16(20)11-5-3-2-4-6-11;;/h7-11H,2-6H2,1H3,(H,17,18,20);2*1H. The second kappa shape index (κ2) is 8.89. The van der Waals surface area contributed by atoms with Crippen molar-refractivity contribution in [2.75, 3.05) is 12.4 Å². The van der Waals surface area contributed by atoms with E-state index in [2.05, 4.69) is 15.3 Å². The van der Waals surface area contributed by atoms with Crippen LogP contribution in [0.4, 0.5) is 5.69 Å². The molecule has 0 unspecified atom stereocenters. The lowest BCUT2D eigenvalue weighted by Crippen LogP contribution is -2.24. The largest absolute Gasteiger partial charge is 0.481 e. The molecule has 0 radical (unpaired) electrons. The summed E-state index contributed by atoms with van der Waals surface area (Å²) in [5, 5.41) is 3.01. The first-order valence-corrected chi connectivity index (χ1v) is 7.38. The SMILES string of the molecule is COc1ccc2nccc(NC(=O)C3CCCCC3)c2n1.Cl.Cl. The number of aromatic nitrogens is 2. The van der Waals surface area contributed by atoms with Gasteiger partial charge in [-0.15, -0.1) is 24.8 Å². The monoisotopic (exact) mass is 357 g/mol. The number of rotatable bonds is 3. The van der Waals surface area contributed by atoms with Crippen LogP contribution in [0, 0.1) is 5.92 Å². The van der Waals surface area contributed by atoms with Crippen molar-refractivity contribution in [3.63, 3.8) is 0 Å². The minimum atomic E-state index is 0. The second-order valence-corrected chi connectivity index (χ2v) is 5.40. The van der Waals surface area contributed by atoms with Crippen molar-refractivity contribution < 1.29 is 9.53 Å². The highest BCUT2D eigenvalue weighted by molar-refractivity contribution is 6.00. The minimum absolute atomic E-state index is 0. The van der Waals surface area contributed by atoms with Gasteiger partial charge in [-0.05, 0) is 25.0 Å². The number of hydrogen-bond acceptors (Lipinski definition) is 4. The van der Waals surface area contributed by atoms with Gasteiger partial charge in [0.05, 0.1) is 18.3 Å². The number of methoxy groups -OCH3 is 1. The molecule has 3 rings (SSSR count). The lowest BCUT2D eigenvalue weighted by atomic mass is 9.88. The summed E-state index contributed by atoms with van der Waals surface area (Å²) >= 11 is 0. The normalized spacial score (nSPS) is 14.5. The molecule has 7 heteroatoms. The highest BCUT2D eigenvalue weighted by Gasteiger charge is 2.21. The minimum Gasteiger partial charge on any atom is -0.481 e. The molecular formula is C16H21Cl2N3O2. The highest BCUT2D eigenvalue weighted by Crippen LogP contribution is 2.27. The Bertz CT molecular complexity index is 661. The van der Waals surface area contributed by atoms with E-state index in [1.807, 2.05) is 6.07 Å². The number of hydrogen-bond donors (Lipinski definition) is 1. The van der Waals surface area contributed by atoms with Crippen LogP contribution in [0.2, 0.25) is 0 Å². The van der Waals surface area contributed by atoms with Crippen LogP contribution < -0.4 is 10.1 Å². The van der Waals surface area contributed by atoms with Crippen molar-refractivity contribution >= 4 is 47.4 Å². The van der Waals surface area contributed by atoms with E-state index in [-0.39, 0.29) is 36.6 Å². The maximum atomic E-state index is 12.4. The predicted molar refractivity (Wildman–Crippen MR) is 95.8 cm³/mol. The van der Waals surface area contributed by atoms with Crippen LogP contribution in [0.3, 0.4) is 0 Å². The molecule has 1 amide bonds. The van der Waals surface area contributed by atoms with Gasteiger partial charge in [0.2, 0.25) is 11.8 Å². The summed E-state index contributed by atoms with van der Waals surface area (Å²) < 4.78 is 5.15. The summed E-state index contributed by atoms with van der Waals surface area (Å²) in [7, 11) is 1.57. The third kappa shape index (κ3) is 4.45. The molecule has 1 N–H and O–H groups in total. The van der Waals surface area contributed by atoms with E-state index in [0.717, 1.165) is 31.2 Å². The van der Waals surface area contributed by atoms with Gasteiger partial charge in [-0.2, -0.15) is 0 Å². The summed E-state index contributed by atoms with van der Waals surface area (Å²) in [5.74, 6) is 0.725. The molecule has 0 saturated heterocycles. The first-order valence-electron chi connectivity index (χ1n) is 7.38. The molecule has 0 atom stereocenters. The zero-order valence-corrected chi connectivity index (χ0v) is 14.6. The maximum Gasteiger partial charge on any atom is 0.227 e. The topological polar surface area (TPSA) is 64.1 Å². The Hall–Kier alpha value is -1.59. The lowest BCUT2D eigenvalue weighted by Gasteiger charge is -2.21. The third-order valence-electron chi connectivity index (χ3n) is 4.00. The van der Waals surface area contributed by atoms with Gasteiger partial charge in [0, 0.05) is 18.2 Å². The van der Waals surface area contributed by atoms with Crippen molar-refractivity contribution in [3.05, 3.63) is 24.4 Å². The third-order valence-corrected chi connectivity index (χ3v) is 4.00. The lowest BCUT2D eigenvalue weighted by molar-refractivity contribution is -0.120. The van der Waals surface area contributed by atoms with Gasteiger partial charge in [0.15, 0.2) is 0 Å². The average molecular weight is 358 g/mol. The molecule has 1 aliphatic carbocycles. The summed E-state index contributed by atoms with van der Waals surface area (Å²) in [4.78, 5) is 21.0. The van der Waals surface area contributed by atoms with Crippen molar-refractivity contribution in [2.45, 2.75) is 32.1 Å². The van der Waals surface area contributed by atoms with Crippen LogP contribution in [0.1, 0.15) is 32.1 Å². The van der Waals surface area contributed by atoms with Crippen molar-refractivity contribution in [1.82, 2.24) is 9.97 Å². The second-order valence-electron chi connectivity index (χ2n) is 5.40. The van der Waals surface area contributed by atoms with Crippen LogP contribution in [0.25, 0.3) is 11.0 Å². The quantitative estimate of drug-likeness (QED) is 0.901. The number of fused-ring (bicyclic) bond motifs is 1. The molecule has 1 fully saturated rings. The molecule has 23 heavy (non-hydrogen) atoms. The molecule has 126 valence electrons. The molecule has 0 spiro atoms. The Balaban J connectivity index is 0.00000132. The molecule has 5 nitrogen and oxygen atoms in total. The molecular weight excluding hydrogens is 337 g/mol. The Morgan fingerprint density at radius 2 is 1.91 bits per heavy atom. The molecule has 2 aromatic heterocycles. The van der Waals surface area contributed by atoms with E-state index in [1.165, 1.54) is 6.42 Å². The van der Waals surface area contributed by atoms with Crippen LogP contribution in [-0.4, -0.2) is 23.0 Å². The molecule has 1 aliphatic rings. The number of carbonyl (C=O) groups is 1. The van der Waals surface area contributed by atoms with Gasteiger partial charge in [-0.3, -0.25) is 9.78 Å². The number of carbonyl (C=O) groups excluding carboxylic acids is 1. The number of amides is 1. The molecule has 0 bridgehead atoms. The smallest absolute Gasteiger partial charge is 0.227 e. The molecule has 0 aliphatic heterocycles. The van der Waals surface area contributed by atoms with Gasteiger partial charge in [-0.25, -0.2) is 4.98 Å². The average Bonchev–Trinajstić information content (AvgIpc) is 2.55. The summed E-state index contributed by atoms with van der Waals surface area (Å²) in [5.41, 5.74) is 2.12. The summed E-state index contributed by atoms with van der Waals surface area (Å²) in [6.45, 7) is 0. The highest BCUT2D eigenvalue weighted by atomic mass is 35.5. The number of nitrogens with one attached hydrogen (secondary N) is 1. The van der Waals surface area contributed by atoms with E-state index in [1.54, 1.807) is 25.4 Å². The van der Waals surface area contributed by atoms with Gasteiger partial charge >= 0.3 is 0 Å². The number of ether oxygens (including phenoxy) is 1. The number of anilines is 1. The fourth-order valence-corrected chi connectivity index (χ4v) is 2.82. The predicted octanol–water partition coefficient (Wildman–Crippen LogP) is 4.00. The number of halogens is 2. The van der Waals surface area contributed by atoms with E-state index in [0.29, 0.717) is 17.1 Å². The summed E-state index contributed by atoms with van der Waals surface area (Å²) in [6.07, 6.45) is 7.16. The van der Waals surface area contributed by atoms with Gasteiger partial charge < -0.3 is 10.1 Å². The Labute approximate surface area is 148 Å². The van der Waals surface area contributed by atoms with Crippen LogP contribution in [0.15, 0.2) is 24.4 Å². The van der Waals surface area contributed by atoms with E-state index in [4.69, 9.17) is 4.74 Å². The van der Waals surface area contributed by atoms with Crippen LogP contribution in [0.5, 0.6) is 5.88 Å².